The first kappa shape index (κ1) is 9.86. The van der Waals surface area contributed by atoms with Gasteiger partial charge in [0.2, 0.25) is 0 Å². The lowest BCUT2D eigenvalue weighted by Gasteiger charge is -2.13. The van der Waals surface area contributed by atoms with Crippen LogP contribution >= 0.6 is 12.2 Å². The molecular weight excluding hydrogens is 198 g/mol. The molecular formula is C9H15N3OS. The van der Waals surface area contributed by atoms with Gasteiger partial charge in [-0.25, -0.2) is 0 Å². The largest absolute Gasteiger partial charge is 0.388 e. The van der Waals surface area contributed by atoms with Crippen LogP contribution in [0.15, 0.2) is 0 Å². The molecule has 0 aliphatic heterocycles. The minimum atomic E-state index is -0.0534. The van der Waals surface area contributed by atoms with Crippen LogP contribution in [0.2, 0.25) is 0 Å². The number of aromatic nitrogens is 3. The molecule has 1 aromatic heterocycles. The van der Waals surface area contributed by atoms with Gasteiger partial charge in [-0.15, -0.1) is 0 Å². The van der Waals surface area contributed by atoms with Crippen LogP contribution in [0, 0.1) is 10.7 Å². The smallest absolute Gasteiger partial charge is 0.195 e. The fraction of sp³-hybridized carbons (Fsp3) is 0.778. The zero-order valence-corrected chi connectivity index (χ0v) is 9.05. The van der Waals surface area contributed by atoms with Gasteiger partial charge in [-0.3, -0.25) is 9.67 Å². The van der Waals surface area contributed by atoms with Gasteiger partial charge in [0.1, 0.15) is 6.61 Å². The molecule has 1 fully saturated rings. The van der Waals surface area contributed by atoms with E-state index in [0.717, 1.165) is 12.3 Å². The molecule has 1 aliphatic rings. The van der Waals surface area contributed by atoms with E-state index in [9.17, 15) is 0 Å². The Morgan fingerprint density at radius 2 is 2.43 bits per heavy atom. The zero-order chi connectivity index (χ0) is 10.1. The summed E-state index contributed by atoms with van der Waals surface area (Å²) in [5, 5.41) is 15.8. The van der Waals surface area contributed by atoms with Crippen LogP contribution in [0.25, 0.3) is 0 Å². The Hall–Kier alpha value is -0.680. The molecule has 1 heterocycles. The van der Waals surface area contributed by atoms with Crippen LogP contribution in [0.5, 0.6) is 0 Å². The molecule has 0 radical (unpaired) electrons. The highest BCUT2D eigenvalue weighted by molar-refractivity contribution is 7.71. The maximum atomic E-state index is 9.08. The molecule has 5 heteroatoms. The molecule has 1 saturated carbocycles. The van der Waals surface area contributed by atoms with Crippen LogP contribution in [0.4, 0.5) is 0 Å². The Balaban J connectivity index is 2.19. The number of aliphatic hydroxyl groups excluding tert-OH is 1. The van der Waals surface area contributed by atoms with Gasteiger partial charge in [0.25, 0.3) is 0 Å². The summed E-state index contributed by atoms with van der Waals surface area (Å²) >= 11 is 5.12. The Morgan fingerprint density at radius 1 is 1.71 bits per heavy atom. The molecule has 0 saturated heterocycles. The molecule has 14 heavy (non-hydrogen) atoms. The Bertz CT molecular complexity index is 366. The Kier molecular flexibility index (Phi) is 2.69. The average Bonchev–Trinajstić information content (AvgIpc) is 2.87. The van der Waals surface area contributed by atoms with Gasteiger partial charge < -0.3 is 5.11 Å². The molecule has 4 nitrogen and oxygen atoms in total. The molecule has 0 spiro atoms. The molecule has 2 rings (SSSR count). The van der Waals surface area contributed by atoms with Gasteiger partial charge in [0.15, 0.2) is 10.6 Å². The maximum absolute atomic E-state index is 9.08. The van der Waals surface area contributed by atoms with E-state index in [-0.39, 0.29) is 6.61 Å². The summed E-state index contributed by atoms with van der Waals surface area (Å²) in [6, 6.07) is 0.343. The van der Waals surface area contributed by atoms with Gasteiger partial charge in [0.05, 0.1) is 0 Å². The summed E-state index contributed by atoms with van der Waals surface area (Å²) in [6.07, 6.45) is 3.81. The van der Waals surface area contributed by atoms with Crippen molar-refractivity contribution in [2.45, 2.75) is 38.8 Å². The predicted molar refractivity (Wildman–Crippen MR) is 55.4 cm³/mol. The van der Waals surface area contributed by atoms with Gasteiger partial charge in [-0.2, -0.15) is 5.10 Å². The number of hydrogen-bond acceptors (Lipinski definition) is 3. The Labute approximate surface area is 88.0 Å². The van der Waals surface area contributed by atoms with E-state index in [4.69, 9.17) is 17.3 Å². The van der Waals surface area contributed by atoms with E-state index in [1.807, 2.05) is 4.57 Å². The highest BCUT2D eigenvalue weighted by atomic mass is 32.1. The fourth-order valence-corrected chi connectivity index (χ4v) is 2.18. The number of hydrogen-bond donors (Lipinski definition) is 2. The number of nitrogens with zero attached hydrogens (tertiary/aromatic N) is 2. The van der Waals surface area contributed by atoms with Crippen LogP contribution < -0.4 is 0 Å². The lowest BCUT2D eigenvalue weighted by molar-refractivity contribution is 0.259. The van der Waals surface area contributed by atoms with E-state index >= 15 is 0 Å². The fourth-order valence-electron chi connectivity index (χ4n) is 1.84. The van der Waals surface area contributed by atoms with Crippen LogP contribution in [0.3, 0.4) is 0 Å². The van der Waals surface area contributed by atoms with E-state index in [1.165, 1.54) is 12.8 Å². The monoisotopic (exact) mass is 213 g/mol. The number of rotatable bonds is 4. The minimum Gasteiger partial charge on any atom is -0.388 e. The van der Waals surface area contributed by atoms with Crippen molar-refractivity contribution in [1.29, 1.82) is 0 Å². The molecule has 0 bridgehead atoms. The van der Waals surface area contributed by atoms with Crippen LogP contribution in [-0.2, 0) is 6.61 Å². The lowest BCUT2D eigenvalue weighted by Crippen LogP contribution is -2.10. The molecule has 2 N–H and O–H groups in total. The second-order valence-corrected chi connectivity index (χ2v) is 4.39. The first-order chi connectivity index (χ1) is 6.72. The zero-order valence-electron chi connectivity index (χ0n) is 8.23. The predicted octanol–water partition coefficient (Wildman–Crippen LogP) is 1.79. The first-order valence-corrected chi connectivity index (χ1v) is 5.40. The van der Waals surface area contributed by atoms with Crippen LogP contribution in [0.1, 0.15) is 38.1 Å². The molecule has 1 aliphatic carbocycles. The summed E-state index contributed by atoms with van der Waals surface area (Å²) in [5.41, 5.74) is 0. The van der Waals surface area contributed by atoms with E-state index in [0.29, 0.717) is 16.6 Å². The third-order valence-electron chi connectivity index (χ3n) is 2.73. The second-order valence-electron chi connectivity index (χ2n) is 4.00. The molecule has 78 valence electrons. The van der Waals surface area contributed by atoms with Gasteiger partial charge >= 0.3 is 0 Å². The third kappa shape index (κ3) is 1.88. The topological polar surface area (TPSA) is 53.8 Å². The van der Waals surface area contributed by atoms with Crippen molar-refractivity contribution in [2.75, 3.05) is 0 Å². The number of nitrogens with one attached hydrogen (secondary N) is 1. The molecule has 1 aromatic rings. The van der Waals surface area contributed by atoms with Gasteiger partial charge in [0, 0.05) is 6.04 Å². The molecule has 0 amide bonds. The SMILES string of the molecule is CC(CC1CC1)n1c(CO)n[nH]c1=S. The summed E-state index contributed by atoms with van der Waals surface area (Å²) < 4.78 is 2.54. The van der Waals surface area contributed by atoms with Gasteiger partial charge in [-0.1, -0.05) is 12.8 Å². The quantitative estimate of drug-likeness (QED) is 0.750. The van der Waals surface area contributed by atoms with E-state index < -0.39 is 0 Å². The van der Waals surface area contributed by atoms with Crippen molar-refractivity contribution in [1.82, 2.24) is 14.8 Å². The summed E-state index contributed by atoms with van der Waals surface area (Å²) in [4.78, 5) is 0. The lowest BCUT2D eigenvalue weighted by atomic mass is 10.1. The Morgan fingerprint density at radius 3 is 3.00 bits per heavy atom. The maximum Gasteiger partial charge on any atom is 0.195 e. The summed E-state index contributed by atoms with van der Waals surface area (Å²) in [7, 11) is 0. The second kappa shape index (κ2) is 3.82. The summed E-state index contributed by atoms with van der Waals surface area (Å²) in [5.74, 6) is 1.50. The molecule has 0 aromatic carbocycles. The normalized spacial score (nSPS) is 18.4. The third-order valence-corrected chi connectivity index (χ3v) is 3.02. The molecule has 1 atom stereocenters. The molecule has 1 unspecified atom stereocenters. The van der Waals surface area contributed by atoms with Crippen molar-refractivity contribution in [3.05, 3.63) is 10.6 Å². The van der Waals surface area contributed by atoms with Gasteiger partial charge in [-0.05, 0) is 31.5 Å². The number of H-pyrrole nitrogens is 1. The number of aliphatic hydroxyl groups is 1. The summed E-state index contributed by atoms with van der Waals surface area (Å²) in [6.45, 7) is 2.07. The standard InChI is InChI=1S/C9H15N3OS/c1-6(4-7-2-3-7)12-8(5-13)10-11-9(12)14/h6-7,13H,2-5H2,1H3,(H,11,14). The number of aromatic amines is 1. The van der Waals surface area contributed by atoms with Crippen molar-refractivity contribution in [3.8, 4) is 0 Å². The van der Waals surface area contributed by atoms with E-state index in [1.54, 1.807) is 0 Å². The first-order valence-electron chi connectivity index (χ1n) is 4.99. The highest BCUT2D eigenvalue weighted by Crippen LogP contribution is 2.36. The van der Waals surface area contributed by atoms with Crippen molar-refractivity contribution in [3.63, 3.8) is 0 Å². The van der Waals surface area contributed by atoms with E-state index in [2.05, 4.69) is 17.1 Å². The highest BCUT2D eigenvalue weighted by Gasteiger charge is 2.25. The van der Waals surface area contributed by atoms with Crippen molar-refractivity contribution in [2.24, 2.45) is 5.92 Å². The van der Waals surface area contributed by atoms with Crippen molar-refractivity contribution < 1.29 is 5.11 Å². The van der Waals surface area contributed by atoms with Crippen LogP contribution in [-0.4, -0.2) is 19.9 Å². The van der Waals surface area contributed by atoms with Crippen molar-refractivity contribution >= 4 is 12.2 Å². The minimum absolute atomic E-state index is 0.0534. The average molecular weight is 213 g/mol.